The summed E-state index contributed by atoms with van der Waals surface area (Å²) in [6.45, 7) is 0.0809. The van der Waals surface area contributed by atoms with Gasteiger partial charge >= 0.3 is 5.97 Å². The molecule has 0 aliphatic rings. The molecule has 104 valence electrons. The molecular formula is C13H12N2O5. The molecule has 0 aliphatic carbocycles. The van der Waals surface area contributed by atoms with E-state index in [0.29, 0.717) is 17.1 Å². The molecule has 2 rings (SSSR count). The third kappa shape index (κ3) is 2.94. The topological polar surface area (TPSA) is 102 Å². The molecular weight excluding hydrogens is 264 g/mol. The van der Waals surface area contributed by atoms with Gasteiger partial charge in [-0.3, -0.25) is 9.78 Å². The fourth-order valence-corrected chi connectivity index (χ4v) is 1.58. The van der Waals surface area contributed by atoms with Crippen LogP contribution in [0.4, 0.5) is 0 Å². The van der Waals surface area contributed by atoms with Crippen molar-refractivity contribution < 1.29 is 23.8 Å². The summed E-state index contributed by atoms with van der Waals surface area (Å²) in [5.74, 6) is -0.980. The number of methoxy groups -OCH3 is 1. The van der Waals surface area contributed by atoms with E-state index in [-0.39, 0.29) is 18.2 Å². The molecule has 0 saturated heterocycles. The van der Waals surface area contributed by atoms with Crippen LogP contribution in [0.15, 0.2) is 35.0 Å². The second kappa shape index (κ2) is 5.87. The standard InChI is InChI=1S/C13H12N2O5/c1-19-11-7-14-5-4-9(11)12(16)15-6-8-2-3-10(20-8)13(17)18/h2-5,7H,6H2,1H3,(H,15,16)(H,17,18). The average Bonchev–Trinajstić information content (AvgIpc) is 2.94. The van der Waals surface area contributed by atoms with Gasteiger partial charge in [-0.05, 0) is 18.2 Å². The van der Waals surface area contributed by atoms with Gasteiger partial charge in [0, 0.05) is 6.20 Å². The van der Waals surface area contributed by atoms with Crippen molar-refractivity contribution in [2.24, 2.45) is 0 Å². The van der Waals surface area contributed by atoms with Crippen LogP contribution in [-0.4, -0.2) is 29.1 Å². The molecule has 2 N–H and O–H groups in total. The summed E-state index contributed by atoms with van der Waals surface area (Å²) in [7, 11) is 1.44. The molecule has 2 heterocycles. The van der Waals surface area contributed by atoms with Gasteiger partial charge in [-0.2, -0.15) is 0 Å². The summed E-state index contributed by atoms with van der Waals surface area (Å²) in [5.41, 5.74) is 0.340. The van der Waals surface area contributed by atoms with Gasteiger partial charge in [0.1, 0.15) is 11.5 Å². The van der Waals surface area contributed by atoms with E-state index in [1.807, 2.05) is 0 Å². The lowest BCUT2D eigenvalue weighted by Gasteiger charge is -2.07. The van der Waals surface area contributed by atoms with E-state index in [4.69, 9.17) is 14.3 Å². The van der Waals surface area contributed by atoms with Crippen molar-refractivity contribution in [3.05, 3.63) is 47.7 Å². The van der Waals surface area contributed by atoms with Gasteiger partial charge in [0.25, 0.3) is 5.91 Å². The van der Waals surface area contributed by atoms with Gasteiger partial charge in [0.05, 0.1) is 25.4 Å². The lowest BCUT2D eigenvalue weighted by molar-refractivity contribution is 0.0660. The van der Waals surface area contributed by atoms with E-state index < -0.39 is 5.97 Å². The summed E-state index contributed by atoms with van der Waals surface area (Å²) < 4.78 is 10.1. The lowest BCUT2D eigenvalue weighted by Crippen LogP contribution is -2.23. The van der Waals surface area contributed by atoms with E-state index >= 15 is 0 Å². The highest BCUT2D eigenvalue weighted by atomic mass is 16.5. The second-order valence-corrected chi connectivity index (χ2v) is 3.83. The number of nitrogens with one attached hydrogen (secondary N) is 1. The second-order valence-electron chi connectivity index (χ2n) is 3.83. The van der Waals surface area contributed by atoms with Crippen molar-refractivity contribution in [1.29, 1.82) is 0 Å². The molecule has 7 nitrogen and oxygen atoms in total. The highest BCUT2D eigenvalue weighted by Gasteiger charge is 2.13. The number of aromatic nitrogens is 1. The number of aromatic carboxylic acids is 1. The van der Waals surface area contributed by atoms with Crippen LogP contribution in [-0.2, 0) is 6.54 Å². The van der Waals surface area contributed by atoms with Crippen molar-refractivity contribution in [2.45, 2.75) is 6.54 Å². The SMILES string of the molecule is COc1cnccc1C(=O)NCc1ccc(C(=O)O)o1. The minimum Gasteiger partial charge on any atom is -0.494 e. The molecule has 0 saturated carbocycles. The first-order valence-corrected chi connectivity index (χ1v) is 5.70. The van der Waals surface area contributed by atoms with Crippen molar-refractivity contribution in [1.82, 2.24) is 10.3 Å². The molecule has 0 bridgehead atoms. The molecule has 20 heavy (non-hydrogen) atoms. The number of carboxylic acids is 1. The number of carbonyl (C=O) groups excluding carboxylic acids is 1. The van der Waals surface area contributed by atoms with Gasteiger partial charge in [-0.25, -0.2) is 4.79 Å². The number of ether oxygens (including phenoxy) is 1. The zero-order chi connectivity index (χ0) is 14.5. The summed E-state index contributed by atoms with van der Waals surface area (Å²) in [5, 5.41) is 11.3. The Morgan fingerprint density at radius 1 is 1.40 bits per heavy atom. The average molecular weight is 276 g/mol. The van der Waals surface area contributed by atoms with Crippen molar-refractivity contribution in [2.75, 3.05) is 7.11 Å². The Balaban J connectivity index is 2.03. The van der Waals surface area contributed by atoms with Crippen LogP contribution >= 0.6 is 0 Å². The molecule has 2 aromatic heterocycles. The molecule has 1 amide bonds. The van der Waals surface area contributed by atoms with E-state index in [1.54, 1.807) is 0 Å². The van der Waals surface area contributed by atoms with Crippen molar-refractivity contribution in [3.63, 3.8) is 0 Å². The molecule has 0 unspecified atom stereocenters. The molecule has 0 fully saturated rings. The number of nitrogens with zero attached hydrogens (tertiary/aromatic N) is 1. The fourth-order valence-electron chi connectivity index (χ4n) is 1.58. The monoisotopic (exact) mass is 276 g/mol. The summed E-state index contributed by atoms with van der Waals surface area (Å²) in [6, 6.07) is 4.35. The van der Waals surface area contributed by atoms with Crippen LogP contribution < -0.4 is 10.1 Å². The Kier molecular flexibility index (Phi) is 3.99. The van der Waals surface area contributed by atoms with Crippen LogP contribution in [0.1, 0.15) is 26.7 Å². The lowest BCUT2D eigenvalue weighted by atomic mass is 10.2. The van der Waals surface area contributed by atoms with Gasteiger partial charge < -0.3 is 19.6 Å². The summed E-state index contributed by atoms with van der Waals surface area (Å²) in [6.07, 6.45) is 2.91. The van der Waals surface area contributed by atoms with Gasteiger partial charge in [0.15, 0.2) is 0 Å². The molecule has 0 atom stereocenters. The molecule has 7 heteroatoms. The molecule has 0 spiro atoms. The third-order valence-corrected chi connectivity index (χ3v) is 2.54. The first-order valence-electron chi connectivity index (χ1n) is 5.70. The first-order chi connectivity index (χ1) is 9.61. The predicted molar refractivity (Wildman–Crippen MR) is 67.6 cm³/mol. The molecule has 0 aromatic carbocycles. The van der Waals surface area contributed by atoms with E-state index in [1.165, 1.54) is 37.7 Å². The fraction of sp³-hybridized carbons (Fsp3) is 0.154. The van der Waals surface area contributed by atoms with Gasteiger partial charge in [0.2, 0.25) is 5.76 Å². The Morgan fingerprint density at radius 3 is 2.85 bits per heavy atom. The number of carbonyl (C=O) groups is 2. The third-order valence-electron chi connectivity index (χ3n) is 2.54. The highest BCUT2D eigenvalue weighted by Crippen LogP contribution is 2.15. The van der Waals surface area contributed by atoms with Crippen molar-refractivity contribution in [3.8, 4) is 5.75 Å². The largest absolute Gasteiger partial charge is 0.494 e. The number of carboxylic acid groups (broad SMARTS) is 1. The van der Waals surface area contributed by atoms with E-state index in [9.17, 15) is 9.59 Å². The molecule has 2 aromatic rings. The van der Waals surface area contributed by atoms with Gasteiger partial charge in [-0.1, -0.05) is 0 Å². The zero-order valence-electron chi connectivity index (χ0n) is 10.6. The quantitative estimate of drug-likeness (QED) is 0.853. The van der Waals surface area contributed by atoms with E-state index in [2.05, 4.69) is 10.3 Å². The number of rotatable bonds is 5. The maximum absolute atomic E-state index is 12.0. The zero-order valence-corrected chi connectivity index (χ0v) is 10.6. The minimum absolute atomic E-state index is 0.0809. The maximum atomic E-state index is 12.0. The van der Waals surface area contributed by atoms with Gasteiger partial charge in [-0.15, -0.1) is 0 Å². The number of pyridine rings is 1. The molecule has 0 aliphatic heterocycles. The van der Waals surface area contributed by atoms with Crippen LogP contribution in [0.25, 0.3) is 0 Å². The highest BCUT2D eigenvalue weighted by molar-refractivity contribution is 5.96. The minimum atomic E-state index is -1.15. The molecule has 0 radical (unpaired) electrons. The first kappa shape index (κ1) is 13.6. The normalized spacial score (nSPS) is 10.1. The predicted octanol–water partition coefficient (Wildman–Crippen LogP) is 1.31. The smallest absolute Gasteiger partial charge is 0.371 e. The number of furan rings is 1. The number of amides is 1. The van der Waals surface area contributed by atoms with Crippen LogP contribution in [0.2, 0.25) is 0 Å². The maximum Gasteiger partial charge on any atom is 0.371 e. The number of hydrogen-bond donors (Lipinski definition) is 2. The van der Waals surface area contributed by atoms with E-state index in [0.717, 1.165) is 0 Å². The van der Waals surface area contributed by atoms with Crippen molar-refractivity contribution >= 4 is 11.9 Å². The van der Waals surface area contributed by atoms with Crippen LogP contribution in [0.3, 0.4) is 0 Å². The van der Waals surface area contributed by atoms with Crippen LogP contribution in [0, 0.1) is 0 Å². The summed E-state index contributed by atoms with van der Waals surface area (Å²) in [4.78, 5) is 26.5. The Labute approximate surface area is 114 Å². The Bertz CT molecular complexity index is 635. The Hall–Kier alpha value is -2.83. The number of hydrogen-bond acceptors (Lipinski definition) is 5. The van der Waals surface area contributed by atoms with Crippen LogP contribution in [0.5, 0.6) is 5.75 Å². The Morgan fingerprint density at radius 2 is 2.20 bits per heavy atom. The summed E-state index contributed by atoms with van der Waals surface area (Å²) >= 11 is 0.